The van der Waals surface area contributed by atoms with Gasteiger partial charge in [-0.15, -0.1) is 0 Å². The number of rotatable bonds is 8. The molecule has 164 valence electrons. The highest BCUT2D eigenvalue weighted by molar-refractivity contribution is 5.81. The van der Waals surface area contributed by atoms with E-state index >= 15 is 0 Å². The maximum Gasteiger partial charge on any atom is 0.330 e. The van der Waals surface area contributed by atoms with Crippen molar-refractivity contribution in [2.24, 2.45) is 29.1 Å². The number of methoxy groups -OCH3 is 1. The minimum Gasteiger partial charge on any atom is -0.469 e. The van der Waals surface area contributed by atoms with Crippen molar-refractivity contribution < 1.29 is 28.6 Å². The molecule has 2 aliphatic rings. The molecule has 0 radical (unpaired) electrons. The van der Waals surface area contributed by atoms with Crippen LogP contribution >= 0.6 is 0 Å². The number of hydrogen-bond donors (Lipinski definition) is 0. The second-order valence-corrected chi connectivity index (χ2v) is 9.33. The molecule has 0 aliphatic heterocycles. The Bertz CT molecular complexity index is 580. The molecule has 0 unspecified atom stereocenters. The lowest BCUT2D eigenvalue weighted by atomic mass is 9.69. The first-order chi connectivity index (χ1) is 13.8. The summed E-state index contributed by atoms with van der Waals surface area (Å²) < 4.78 is 15.5. The molecule has 0 N–H and O–H groups in total. The zero-order valence-electron chi connectivity index (χ0n) is 18.1. The average molecular weight is 409 g/mol. The first kappa shape index (κ1) is 23.4. The summed E-state index contributed by atoms with van der Waals surface area (Å²) >= 11 is 0. The van der Waals surface area contributed by atoms with Gasteiger partial charge in [0.15, 0.2) is 0 Å². The van der Waals surface area contributed by atoms with E-state index in [0.717, 1.165) is 57.4 Å². The van der Waals surface area contributed by atoms with Crippen LogP contribution in [-0.4, -0.2) is 38.2 Å². The van der Waals surface area contributed by atoms with E-state index in [1.165, 1.54) is 7.11 Å². The molecule has 0 aromatic carbocycles. The Hall–Kier alpha value is -1.85. The van der Waals surface area contributed by atoms with Crippen LogP contribution in [0.15, 0.2) is 12.7 Å². The summed E-state index contributed by atoms with van der Waals surface area (Å²) in [4.78, 5) is 35.4. The predicted molar refractivity (Wildman–Crippen MR) is 109 cm³/mol. The van der Waals surface area contributed by atoms with Crippen LogP contribution in [-0.2, 0) is 28.6 Å². The van der Waals surface area contributed by atoms with Crippen LogP contribution in [0, 0.1) is 29.1 Å². The number of hydrogen-bond acceptors (Lipinski definition) is 6. The fourth-order valence-electron chi connectivity index (χ4n) is 4.57. The lowest BCUT2D eigenvalue weighted by Gasteiger charge is -2.37. The van der Waals surface area contributed by atoms with E-state index < -0.39 is 11.4 Å². The van der Waals surface area contributed by atoms with Gasteiger partial charge in [0.1, 0.15) is 0 Å². The second-order valence-electron chi connectivity index (χ2n) is 9.33. The van der Waals surface area contributed by atoms with Gasteiger partial charge in [0.2, 0.25) is 0 Å². The zero-order valence-corrected chi connectivity index (χ0v) is 18.1. The fraction of sp³-hybridized carbons (Fsp3) is 0.783. The van der Waals surface area contributed by atoms with Crippen molar-refractivity contribution in [1.29, 1.82) is 0 Å². The van der Waals surface area contributed by atoms with Crippen molar-refractivity contribution in [3.8, 4) is 0 Å². The van der Waals surface area contributed by atoms with E-state index in [1.807, 2.05) is 13.8 Å². The average Bonchev–Trinajstić information content (AvgIpc) is 2.75. The smallest absolute Gasteiger partial charge is 0.330 e. The summed E-state index contributed by atoms with van der Waals surface area (Å²) in [5.74, 6) is 0.654. The van der Waals surface area contributed by atoms with E-state index in [9.17, 15) is 14.4 Å². The third-order valence-electron chi connectivity index (χ3n) is 6.46. The van der Waals surface area contributed by atoms with E-state index in [1.54, 1.807) is 0 Å². The van der Waals surface area contributed by atoms with Crippen LogP contribution < -0.4 is 0 Å². The first-order valence-electron chi connectivity index (χ1n) is 10.8. The van der Waals surface area contributed by atoms with Gasteiger partial charge in [0.25, 0.3) is 0 Å². The molecule has 0 bridgehead atoms. The highest BCUT2D eigenvalue weighted by atomic mass is 16.5. The highest BCUT2D eigenvalue weighted by Crippen LogP contribution is 2.41. The molecular weight excluding hydrogens is 372 g/mol. The lowest BCUT2D eigenvalue weighted by molar-refractivity contribution is -0.156. The number of carbonyl (C=O) groups excluding carboxylic acids is 3. The van der Waals surface area contributed by atoms with Gasteiger partial charge >= 0.3 is 17.9 Å². The van der Waals surface area contributed by atoms with Gasteiger partial charge in [-0.2, -0.15) is 0 Å². The normalized spacial score (nSPS) is 27.6. The molecule has 2 fully saturated rings. The van der Waals surface area contributed by atoms with Crippen molar-refractivity contribution >= 4 is 17.9 Å². The van der Waals surface area contributed by atoms with Gasteiger partial charge in [-0.3, -0.25) is 9.59 Å². The molecule has 0 heterocycles. The molecule has 2 saturated carbocycles. The molecule has 2 rings (SSSR count). The number of carbonyl (C=O) groups is 3. The van der Waals surface area contributed by atoms with Crippen molar-refractivity contribution in [1.82, 2.24) is 0 Å². The lowest BCUT2D eigenvalue weighted by Crippen LogP contribution is -2.33. The van der Waals surface area contributed by atoms with E-state index in [-0.39, 0.29) is 37.0 Å². The summed E-state index contributed by atoms with van der Waals surface area (Å²) in [6.07, 6.45) is 8.96. The van der Waals surface area contributed by atoms with Gasteiger partial charge < -0.3 is 14.2 Å². The van der Waals surface area contributed by atoms with E-state index in [0.29, 0.717) is 11.8 Å². The molecule has 0 amide bonds. The largest absolute Gasteiger partial charge is 0.469 e. The zero-order chi connectivity index (χ0) is 21.4. The molecular formula is C23H36O6. The van der Waals surface area contributed by atoms with Gasteiger partial charge in [-0.25, -0.2) is 4.79 Å². The Morgan fingerprint density at radius 1 is 0.828 bits per heavy atom. The Balaban J connectivity index is 1.69. The van der Waals surface area contributed by atoms with Gasteiger partial charge in [0, 0.05) is 11.5 Å². The summed E-state index contributed by atoms with van der Waals surface area (Å²) in [6, 6.07) is 0. The van der Waals surface area contributed by atoms with E-state index in [4.69, 9.17) is 14.2 Å². The number of ether oxygens (including phenoxy) is 3. The standard InChI is InChI=1S/C23H36O6/c1-5-20(24)28-14-23(2,3)15-29-22(26)19-12-8-17(9-13-19)16-6-10-18(11-7-16)21(25)27-4/h5,16-19H,1,6-15H2,2-4H3. The minimum atomic E-state index is -0.469. The third kappa shape index (κ3) is 7.16. The summed E-state index contributed by atoms with van der Waals surface area (Å²) in [6.45, 7) is 7.59. The number of esters is 3. The summed E-state index contributed by atoms with van der Waals surface area (Å²) in [7, 11) is 1.46. The Morgan fingerprint density at radius 3 is 1.72 bits per heavy atom. The molecule has 6 heteroatoms. The van der Waals surface area contributed by atoms with E-state index in [2.05, 4.69) is 6.58 Å². The maximum absolute atomic E-state index is 12.5. The molecule has 0 spiro atoms. The van der Waals surface area contributed by atoms with Crippen LogP contribution in [0.5, 0.6) is 0 Å². The minimum absolute atomic E-state index is 0.0378. The van der Waals surface area contributed by atoms with Gasteiger partial charge in [-0.05, 0) is 63.2 Å². The fourth-order valence-corrected chi connectivity index (χ4v) is 4.57. The van der Waals surface area contributed by atoms with Gasteiger partial charge in [-0.1, -0.05) is 20.4 Å². The molecule has 0 atom stereocenters. The summed E-state index contributed by atoms with van der Waals surface area (Å²) in [5.41, 5.74) is -0.427. The third-order valence-corrected chi connectivity index (χ3v) is 6.46. The Labute approximate surface area is 174 Å². The van der Waals surface area contributed by atoms with Crippen molar-refractivity contribution in [3.63, 3.8) is 0 Å². The van der Waals surface area contributed by atoms with Crippen LogP contribution in [0.2, 0.25) is 0 Å². The van der Waals surface area contributed by atoms with Crippen molar-refractivity contribution in [3.05, 3.63) is 12.7 Å². The SMILES string of the molecule is C=CC(=O)OCC(C)(C)COC(=O)C1CCC(C2CCC(C(=O)OC)CC2)CC1. The van der Waals surface area contributed by atoms with Crippen molar-refractivity contribution in [2.45, 2.75) is 65.2 Å². The second kappa shape index (κ2) is 10.8. The summed E-state index contributed by atoms with van der Waals surface area (Å²) in [5, 5.41) is 0. The molecule has 29 heavy (non-hydrogen) atoms. The maximum atomic E-state index is 12.5. The predicted octanol–water partition coefficient (Wildman–Crippen LogP) is 4.07. The first-order valence-corrected chi connectivity index (χ1v) is 10.8. The molecule has 2 aliphatic carbocycles. The van der Waals surface area contributed by atoms with Crippen LogP contribution in [0.3, 0.4) is 0 Å². The monoisotopic (exact) mass is 408 g/mol. The van der Waals surface area contributed by atoms with Crippen LogP contribution in [0.1, 0.15) is 65.2 Å². The topological polar surface area (TPSA) is 78.9 Å². The Morgan fingerprint density at radius 2 is 1.28 bits per heavy atom. The van der Waals surface area contributed by atoms with Crippen molar-refractivity contribution in [2.75, 3.05) is 20.3 Å². The molecule has 0 aromatic heterocycles. The highest BCUT2D eigenvalue weighted by Gasteiger charge is 2.35. The quantitative estimate of drug-likeness (QED) is 0.342. The van der Waals surface area contributed by atoms with Gasteiger partial charge in [0.05, 0.1) is 32.2 Å². The molecule has 6 nitrogen and oxygen atoms in total. The molecule has 0 saturated heterocycles. The van der Waals surface area contributed by atoms with Crippen LogP contribution in [0.4, 0.5) is 0 Å². The van der Waals surface area contributed by atoms with Crippen LogP contribution in [0.25, 0.3) is 0 Å². The molecule has 0 aromatic rings. The Kier molecular flexibility index (Phi) is 8.72.